The van der Waals surface area contributed by atoms with Crippen molar-refractivity contribution in [2.45, 2.75) is 6.54 Å². The van der Waals surface area contributed by atoms with E-state index in [4.69, 9.17) is 0 Å². The van der Waals surface area contributed by atoms with Gasteiger partial charge in [0.05, 0.1) is 11.2 Å². The summed E-state index contributed by atoms with van der Waals surface area (Å²) in [5.41, 5.74) is 8.34. The van der Waals surface area contributed by atoms with E-state index in [0.717, 1.165) is 75.5 Å². The normalized spacial score (nSPS) is 17.7. The van der Waals surface area contributed by atoms with Gasteiger partial charge in [0.1, 0.15) is 0 Å². The van der Waals surface area contributed by atoms with Gasteiger partial charge in [-0.1, -0.05) is 48.5 Å². The van der Waals surface area contributed by atoms with Crippen molar-refractivity contribution in [2.24, 2.45) is 0 Å². The summed E-state index contributed by atoms with van der Waals surface area (Å²) < 4.78 is 0. The van der Waals surface area contributed by atoms with Gasteiger partial charge in [0, 0.05) is 70.0 Å². The van der Waals surface area contributed by atoms with Gasteiger partial charge in [-0.25, -0.2) is 0 Å². The Bertz CT molecular complexity index is 1340. The minimum atomic E-state index is 0.968. The van der Waals surface area contributed by atoms with Crippen LogP contribution in [0.25, 0.3) is 34.2 Å². The molecular formula is C31H36N6. The summed E-state index contributed by atoms with van der Waals surface area (Å²) >= 11 is 0. The molecule has 4 aromatic rings. The maximum absolute atomic E-state index is 4.59. The maximum Gasteiger partial charge on any atom is 0.0927 e. The lowest BCUT2D eigenvalue weighted by Gasteiger charge is -2.34. The molecular weight excluding hydrogens is 456 g/mol. The molecule has 2 saturated heterocycles. The van der Waals surface area contributed by atoms with E-state index in [1.807, 2.05) is 0 Å². The minimum Gasteiger partial charge on any atom is -0.369 e. The van der Waals surface area contributed by atoms with Crippen LogP contribution in [-0.4, -0.2) is 79.4 Å². The fraction of sp³-hybridized carbons (Fsp3) is 0.323. The Morgan fingerprint density at radius 1 is 0.784 bits per heavy atom. The highest BCUT2D eigenvalue weighted by Crippen LogP contribution is 2.27. The van der Waals surface area contributed by atoms with E-state index in [9.17, 15) is 0 Å². The fourth-order valence-corrected chi connectivity index (χ4v) is 5.31. The van der Waals surface area contributed by atoms with Crippen LogP contribution in [0.2, 0.25) is 0 Å². The lowest BCUT2D eigenvalue weighted by atomic mass is 10.0. The summed E-state index contributed by atoms with van der Waals surface area (Å²) in [6, 6.07) is 24.5. The predicted octanol–water partition coefficient (Wildman–Crippen LogP) is 4.56. The smallest absolute Gasteiger partial charge is 0.0927 e. The maximum atomic E-state index is 4.59. The first-order valence-electron chi connectivity index (χ1n) is 13.4. The summed E-state index contributed by atoms with van der Waals surface area (Å²) in [6.07, 6.45) is 4.27. The first-order valence-corrected chi connectivity index (χ1v) is 13.4. The average Bonchev–Trinajstić information content (AvgIpc) is 3.36. The quantitative estimate of drug-likeness (QED) is 0.413. The second-order valence-electron chi connectivity index (χ2n) is 10.3. The Balaban J connectivity index is 1.15. The number of hydrogen-bond donors (Lipinski definition) is 2. The minimum absolute atomic E-state index is 0.968. The molecule has 6 heteroatoms. The van der Waals surface area contributed by atoms with Crippen molar-refractivity contribution in [3.05, 3.63) is 83.6 Å². The van der Waals surface area contributed by atoms with Crippen molar-refractivity contribution in [2.75, 3.05) is 64.3 Å². The zero-order chi connectivity index (χ0) is 25.0. The number of benzene rings is 3. The summed E-state index contributed by atoms with van der Waals surface area (Å²) in [4.78, 5) is 7.37. The van der Waals surface area contributed by atoms with E-state index in [1.165, 1.54) is 27.9 Å². The summed E-state index contributed by atoms with van der Waals surface area (Å²) in [6.45, 7) is 9.85. The third-order valence-corrected chi connectivity index (χ3v) is 7.69. The number of nitrogens with one attached hydrogen (secondary N) is 2. The van der Waals surface area contributed by atoms with Gasteiger partial charge in [-0.2, -0.15) is 5.10 Å². The van der Waals surface area contributed by atoms with Crippen molar-refractivity contribution >= 4 is 28.7 Å². The number of aromatic amines is 1. The summed E-state index contributed by atoms with van der Waals surface area (Å²) in [5.74, 6) is 0. The molecule has 2 aliphatic heterocycles. The van der Waals surface area contributed by atoms with Gasteiger partial charge in [-0.05, 0) is 59.6 Å². The van der Waals surface area contributed by atoms with Crippen LogP contribution in [0.4, 0.5) is 5.69 Å². The number of rotatable bonds is 6. The van der Waals surface area contributed by atoms with Gasteiger partial charge in [-0.3, -0.25) is 10.00 Å². The molecule has 0 saturated carbocycles. The Morgan fingerprint density at radius 3 is 2.27 bits per heavy atom. The van der Waals surface area contributed by atoms with Crippen molar-refractivity contribution in [1.29, 1.82) is 0 Å². The number of anilines is 1. The Kier molecular flexibility index (Phi) is 7.04. The van der Waals surface area contributed by atoms with E-state index in [1.54, 1.807) is 0 Å². The van der Waals surface area contributed by atoms with Crippen molar-refractivity contribution in [3.8, 4) is 11.1 Å². The Hall–Kier alpha value is -3.45. The molecule has 2 aliphatic rings. The standard InChI is InChI=1S/C31H36N6/c1-35-18-20-37(21-19-35)28-10-4-24(5-11-28)6-12-30-29-22-27(9-13-31(29)34-33-30)26-7-2-25(3-8-26)23-36-16-14-32-15-17-36/h2-13,22,32H,14-21,23H2,1H3,(H,33,34)/b12-6+. The molecule has 3 heterocycles. The SMILES string of the molecule is CN1CCN(c2ccc(/C=C/c3n[nH]c4ccc(-c5ccc(CN6CCNCC6)cc5)cc34)cc2)CC1. The van der Waals surface area contributed by atoms with Crippen molar-refractivity contribution in [1.82, 2.24) is 25.3 Å². The third-order valence-electron chi connectivity index (χ3n) is 7.69. The van der Waals surface area contributed by atoms with Crippen molar-refractivity contribution in [3.63, 3.8) is 0 Å². The third kappa shape index (κ3) is 5.62. The molecule has 0 atom stereocenters. The lowest BCUT2D eigenvalue weighted by molar-refractivity contribution is 0.233. The molecule has 190 valence electrons. The predicted molar refractivity (Wildman–Crippen MR) is 155 cm³/mol. The van der Waals surface area contributed by atoms with Crippen molar-refractivity contribution < 1.29 is 0 Å². The van der Waals surface area contributed by atoms with Gasteiger partial charge in [0.15, 0.2) is 0 Å². The Morgan fingerprint density at radius 2 is 1.51 bits per heavy atom. The van der Waals surface area contributed by atoms with E-state index in [-0.39, 0.29) is 0 Å². The number of H-pyrrole nitrogens is 1. The molecule has 37 heavy (non-hydrogen) atoms. The molecule has 0 bridgehead atoms. The van der Waals surface area contributed by atoms with Crippen LogP contribution in [0.1, 0.15) is 16.8 Å². The van der Waals surface area contributed by atoms with Crippen LogP contribution < -0.4 is 10.2 Å². The molecule has 0 unspecified atom stereocenters. The number of nitrogens with zero attached hydrogens (tertiary/aromatic N) is 4. The van der Waals surface area contributed by atoms with E-state index >= 15 is 0 Å². The summed E-state index contributed by atoms with van der Waals surface area (Å²) in [5, 5.41) is 12.3. The molecule has 2 N–H and O–H groups in total. The Labute approximate surface area is 219 Å². The number of fused-ring (bicyclic) bond motifs is 1. The first-order chi connectivity index (χ1) is 18.2. The van der Waals surface area contributed by atoms with E-state index in [0.29, 0.717) is 0 Å². The van der Waals surface area contributed by atoms with Gasteiger partial charge in [-0.15, -0.1) is 0 Å². The van der Waals surface area contributed by atoms with Gasteiger partial charge >= 0.3 is 0 Å². The summed E-state index contributed by atoms with van der Waals surface area (Å²) in [7, 11) is 2.19. The number of aromatic nitrogens is 2. The lowest BCUT2D eigenvalue weighted by Crippen LogP contribution is -2.44. The van der Waals surface area contributed by atoms with Crippen LogP contribution >= 0.6 is 0 Å². The highest BCUT2D eigenvalue weighted by molar-refractivity contribution is 5.92. The van der Waals surface area contributed by atoms with Crippen LogP contribution in [0.5, 0.6) is 0 Å². The molecule has 0 spiro atoms. The molecule has 6 nitrogen and oxygen atoms in total. The zero-order valence-corrected chi connectivity index (χ0v) is 21.7. The molecule has 1 aromatic heterocycles. The van der Waals surface area contributed by atoms with Gasteiger partial charge < -0.3 is 15.1 Å². The number of piperazine rings is 2. The average molecular weight is 493 g/mol. The monoisotopic (exact) mass is 492 g/mol. The van der Waals surface area contributed by atoms with Crippen LogP contribution in [-0.2, 0) is 6.54 Å². The molecule has 0 aliphatic carbocycles. The molecule has 2 fully saturated rings. The number of hydrogen-bond acceptors (Lipinski definition) is 5. The zero-order valence-electron chi connectivity index (χ0n) is 21.7. The van der Waals surface area contributed by atoms with Crippen LogP contribution in [0, 0.1) is 0 Å². The first kappa shape index (κ1) is 23.9. The molecule has 0 amide bonds. The second kappa shape index (κ2) is 10.9. The van der Waals surface area contributed by atoms with Gasteiger partial charge in [0.25, 0.3) is 0 Å². The molecule has 0 radical (unpaired) electrons. The van der Waals surface area contributed by atoms with Crippen LogP contribution in [0.3, 0.4) is 0 Å². The topological polar surface area (TPSA) is 50.4 Å². The van der Waals surface area contributed by atoms with Gasteiger partial charge in [0.2, 0.25) is 0 Å². The fourth-order valence-electron chi connectivity index (χ4n) is 5.31. The highest BCUT2D eigenvalue weighted by Gasteiger charge is 2.14. The highest BCUT2D eigenvalue weighted by atomic mass is 15.2. The molecule has 3 aromatic carbocycles. The second-order valence-corrected chi connectivity index (χ2v) is 10.3. The number of likely N-dealkylation sites (N-methyl/N-ethyl adjacent to an activating group) is 1. The largest absolute Gasteiger partial charge is 0.369 e. The van der Waals surface area contributed by atoms with E-state index in [2.05, 4.69) is 116 Å². The van der Waals surface area contributed by atoms with Crippen LogP contribution in [0.15, 0.2) is 66.7 Å². The molecule has 6 rings (SSSR count). The van der Waals surface area contributed by atoms with E-state index < -0.39 is 0 Å².